The first-order valence-corrected chi connectivity index (χ1v) is 8.26. The van der Waals surface area contributed by atoms with E-state index in [-0.39, 0.29) is 0 Å². The van der Waals surface area contributed by atoms with Crippen LogP contribution in [0.4, 0.5) is 0 Å². The van der Waals surface area contributed by atoms with Gasteiger partial charge in [0, 0.05) is 0 Å². The minimum Gasteiger partial charge on any atom is -0.333 e. The third-order valence-electron chi connectivity index (χ3n) is 4.10. The molecule has 0 saturated heterocycles. The van der Waals surface area contributed by atoms with E-state index in [1.807, 2.05) is 0 Å². The molecule has 0 aliphatic carbocycles. The van der Waals surface area contributed by atoms with Gasteiger partial charge in [-0.25, -0.2) is 0 Å². The first-order chi connectivity index (χ1) is 11.2. The summed E-state index contributed by atoms with van der Waals surface area (Å²) in [7, 11) is 0.611. The summed E-state index contributed by atoms with van der Waals surface area (Å²) in [6.07, 6.45) is 0. The fraction of sp³-hybridized carbons (Fsp3) is 0.143. The molecule has 0 spiro atoms. The predicted molar refractivity (Wildman–Crippen MR) is 103 cm³/mol. The molecule has 3 aromatic carbocycles. The number of rotatable bonds is 2. The maximum absolute atomic E-state index is 8.28. The van der Waals surface area contributed by atoms with E-state index in [0.717, 1.165) is 0 Å². The van der Waals surface area contributed by atoms with E-state index in [2.05, 4.69) is 87.5 Å². The fourth-order valence-corrected chi connectivity index (χ4v) is 3.28. The van der Waals surface area contributed by atoms with Gasteiger partial charge < -0.3 is 4.57 Å². The number of hydrogen-bond donors (Lipinski definition) is 0. The van der Waals surface area contributed by atoms with Gasteiger partial charge in [-0.15, -0.1) is 0 Å². The fourth-order valence-electron chi connectivity index (χ4n) is 3.28. The van der Waals surface area contributed by atoms with Crippen molar-refractivity contribution in [2.75, 3.05) is 0 Å². The minimum absolute atomic E-state index is 0.611. The average Bonchev–Trinajstić information content (AvgIpc) is 2.58. The minimum atomic E-state index is 0.611. The highest BCUT2D eigenvalue weighted by atomic mass is 31.0. The third kappa shape index (κ3) is 3.63. The Morgan fingerprint density at radius 2 is 0.957 bits per heavy atom. The molecule has 0 aliphatic rings. The van der Waals surface area contributed by atoms with Crippen molar-refractivity contribution in [1.82, 2.24) is 0 Å². The second-order valence-electron chi connectivity index (χ2n) is 5.62. The van der Waals surface area contributed by atoms with Crippen LogP contribution in [-0.4, -0.2) is 0 Å². The Kier molecular flexibility index (Phi) is 5.96. The topological polar surface area (TPSA) is 17.1 Å². The second kappa shape index (κ2) is 7.94. The molecule has 0 saturated carbocycles. The molecule has 0 heterocycles. The molecule has 118 valence electrons. The lowest BCUT2D eigenvalue weighted by Gasteiger charge is -2.18. The molecule has 0 aromatic heterocycles. The van der Waals surface area contributed by atoms with Crippen molar-refractivity contribution in [1.29, 1.82) is 0 Å². The summed E-state index contributed by atoms with van der Waals surface area (Å²) >= 11 is 0. The van der Waals surface area contributed by atoms with Gasteiger partial charge in [0.1, 0.15) is 0 Å². The maximum atomic E-state index is 8.28. The predicted octanol–water partition coefficient (Wildman–Crippen LogP) is 5.89. The van der Waals surface area contributed by atoms with Crippen molar-refractivity contribution in [2.45, 2.75) is 20.8 Å². The zero-order valence-corrected chi connectivity index (χ0v) is 15.4. The molecule has 0 N–H and O–H groups in total. The van der Waals surface area contributed by atoms with Crippen molar-refractivity contribution in [3.63, 3.8) is 0 Å². The van der Waals surface area contributed by atoms with Crippen LogP contribution in [0.5, 0.6) is 0 Å². The summed E-state index contributed by atoms with van der Waals surface area (Å²) in [5.74, 6) is 0. The summed E-state index contributed by atoms with van der Waals surface area (Å²) in [6, 6.07) is 23.6. The van der Waals surface area contributed by atoms with Crippen molar-refractivity contribution in [3.05, 3.63) is 83.4 Å². The van der Waals surface area contributed by atoms with E-state index in [1.54, 1.807) is 0 Å². The van der Waals surface area contributed by atoms with Crippen LogP contribution in [0.25, 0.3) is 22.3 Å². The molecule has 0 amide bonds. The first-order valence-electron chi connectivity index (χ1n) is 7.69. The van der Waals surface area contributed by atoms with Gasteiger partial charge in [-0.3, -0.25) is 0 Å². The lowest BCUT2D eigenvalue weighted by atomic mass is 9.86. The van der Waals surface area contributed by atoms with Gasteiger partial charge in [-0.2, -0.15) is 0 Å². The highest BCUT2D eigenvalue weighted by Gasteiger charge is 2.13. The molecule has 1 unspecified atom stereocenters. The van der Waals surface area contributed by atoms with Crippen LogP contribution in [0.2, 0.25) is 0 Å². The SMILES string of the molecule is Cc1cc(C)c(-c2ccccc2)c(C)c1-c1ccccc1.O=[PH3]. The average molecular weight is 322 g/mol. The van der Waals surface area contributed by atoms with E-state index >= 15 is 0 Å². The molecule has 1 nitrogen and oxygen atoms in total. The summed E-state index contributed by atoms with van der Waals surface area (Å²) in [6.45, 7) is 6.65. The number of hydrogen-bond acceptors (Lipinski definition) is 1. The lowest BCUT2D eigenvalue weighted by molar-refractivity contribution is 0.607. The smallest absolute Gasteiger partial charge is 0.0527 e. The number of benzene rings is 3. The van der Waals surface area contributed by atoms with Gasteiger partial charge in [-0.1, -0.05) is 66.7 Å². The van der Waals surface area contributed by atoms with Crippen molar-refractivity contribution in [3.8, 4) is 22.3 Å². The molecule has 2 heteroatoms. The molecule has 23 heavy (non-hydrogen) atoms. The van der Waals surface area contributed by atoms with E-state index in [1.165, 1.54) is 38.9 Å². The molecular formula is C21H23OP. The summed E-state index contributed by atoms with van der Waals surface area (Å²) < 4.78 is 8.28. The van der Waals surface area contributed by atoms with Crippen LogP contribution in [0.1, 0.15) is 16.7 Å². The quantitative estimate of drug-likeness (QED) is 0.538. The molecule has 0 radical (unpaired) electrons. The van der Waals surface area contributed by atoms with Crippen LogP contribution in [-0.2, 0) is 4.57 Å². The molecule has 0 aliphatic heterocycles. The largest absolute Gasteiger partial charge is 0.333 e. The highest BCUT2D eigenvalue weighted by Crippen LogP contribution is 2.36. The van der Waals surface area contributed by atoms with Crippen molar-refractivity contribution in [2.24, 2.45) is 0 Å². The van der Waals surface area contributed by atoms with E-state index < -0.39 is 0 Å². The van der Waals surface area contributed by atoms with Gasteiger partial charge in [0.25, 0.3) is 0 Å². The van der Waals surface area contributed by atoms with Crippen LogP contribution < -0.4 is 0 Å². The van der Waals surface area contributed by atoms with E-state index in [0.29, 0.717) is 9.12 Å². The zero-order chi connectivity index (χ0) is 16.8. The Hall–Kier alpha value is -2.11. The number of aryl methyl sites for hydroxylation is 2. The van der Waals surface area contributed by atoms with Crippen LogP contribution in [0.3, 0.4) is 0 Å². The van der Waals surface area contributed by atoms with E-state index in [9.17, 15) is 0 Å². The third-order valence-corrected chi connectivity index (χ3v) is 4.10. The van der Waals surface area contributed by atoms with Gasteiger partial charge in [0.05, 0.1) is 9.12 Å². The van der Waals surface area contributed by atoms with E-state index in [4.69, 9.17) is 4.57 Å². The maximum Gasteiger partial charge on any atom is 0.0527 e. The first kappa shape index (κ1) is 17.2. The zero-order valence-electron chi connectivity index (χ0n) is 14.0. The Bertz CT molecular complexity index is 716. The molecular weight excluding hydrogens is 299 g/mol. The van der Waals surface area contributed by atoms with Crippen LogP contribution in [0, 0.1) is 20.8 Å². The molecule has 0 fully saturated rings. The van der Waals surface area contributed by atoms with Crippen LogP contribution in [0.15, 0.2) is 66.7 Å². The molecule has 3 aromatic rings. The Balaban J connectivity index is 0.000000924. The molecule has 1 atom stereocenters. The van der Waals surface area contributed by atoms with Gasteiger partial charge in [-0.05, 0) is 59.7 Å². The van der Waals surface area contributed by atoms with Crippen molar-refractivity contribution < 1.29 is 4.57 Å². The Morgan fingerprint density at radius 3 is 1.30 bits per heavy atom. The van der Waals surface area contributed by atoms with Crippen molar-refractivity contribution >= 4 is 9.12 Å². The Morgan fingerprint density at radius 1 is 0.609 bits per heavy atom. The molecule has 3 rings (SSSR count). The van der Waals surface area contributed by atoms with Gasteiger partial charge in [0.2, 0.25) is 0 Å². The summed E-state index contributed by atoms with van der Waals surface area (Å²) in [4.78, 5) is 0. The normalized spacial score (nSPS) is 10.0. The van der Waals surface area contributed by atoms with Gasteiger partial charge in [0.15, 0.2) is 0 Å². The summed E-state index contributed by atoms with van der Waals surface area (Å²) in [5, 5.41) is 0. The summed E-state index contributed by atoms with van der Waals surface area (Å²) in [5.41, 5.74) is 9.37. The monoisotopic (exact) mass is 322 g/mol. The lowest BCUT2D eigenvalue weighted by Crippen LogP contribution is -1.95. The second-order valence-corrected chi connectivity index (χ2v) is 5.62. The van der Waals surface area contributed by atoms with Crippen LogP contribution >= 0.6 is 9.12 Å². The standard InChI is InChI=1S/C21H20.H3OP/c1-15-14-16(2)21(19-12-8-5-9-13-19)17(3)20(15)18-10-6-4-7-11-18;1-2/h4-14H,1-3H3;2H3. The molecule has 0 bridgehead atoms. The Labute approximate surface area is 140 Å². The highest BCUT2D eigenvalue weighted by molar-refractivity contribution is 7.00. The van der Waals surface area contributed by atoms with Gasteiger partial charge >= 0.3 is 0 Å².